The van der Waals surface area contributed by atoms with Crippen molar-refractivity contribution in [3.63, 3.8) is 0 Å². The van der Waals surface area contributed by atoms with Crippen LogP contribution in [-0.4, -0.2) is 22.6 Å². The molecule has 2 rings (SSSR count). The Hall–Kier alpha value is -2.36. The number of carbonyl (C=O) groups is 1. The molecule has 0 saturated heterocycles. The van der Waals surface area contributed by atoms with Crippen LogP contribution in [0.25, 0.3) is 0 Å². The number of hydrogen-bond donors (Lipinski definition) is 1. The summed E-state index contributed by atoms with van der Waals surface area (Å²) >= 11 is 0. The number of nitrogens with zero attached hydrogens (tertiary/aromatic N) is 2. The van der Waals surface area contributed by atoms with E-state index in [9.17, 15) is 9.90 Å². The highest BCUT2D eigenvalue weighted by Crippen LogP contribution is 2.28. The molecule has 0 unspecified atom stereocenters. The second-order valence-corrected chi connectivity index (χ2v) is 4.28. The highest BCUT2D eigenvalue weighted by Gasteiger charge is 2.16. The first-order valence-corrected chi connectivity index (χ1v) is 6.15. The molecule has 0 fully saturated rings. The van der Waals surface area contributed by atoms with Gasteiger partial charge < -0.3 is 10.0 Å². The number of carboxylic acids is 1. The van der Waals surface area contributed by atoms with Crippen molar-refractivity contribution in [2.75, 3.05) is 11.4 Å². The van der Waals surface area contributed by atoms with Crippen LogP contribution in [0, 0.1) is 6.92 Å². The van der Waals surface area contributed by atoms with Crippen LogP contribution in [0.5, 0.6) is 0 Å². The maximum atomic E-state index is 11.3. The van der Waals surface area contributed by atoms with Crippen LogP contribution in [-0.2, 0) is 0 Å². The lowest BCUT2D eigenvalue weighted by Gasteiger charge is -2.24. The molecule has 0 saturated carbocycles. The van der Waals surface area contributed by atoms with E-state index in [4.69, 9.17) is 0 Å². The highest BCUT2D eigenvalue weighted by atomic mass is 16.4. The van der Waals surface area contributed by atoms with Crippen molar-refractivity contribution in [2.24, 2.45) is 0 Å². The fourth-order valence-corrected chi connectivity index (χ4v) is 2.07. The topological polar surface area (TPSA) is 53.4 Å². The first kappa shape index (κ1) is 13.1. The molecule has 2 aromatic rings. The van der Waals surface area contributed by atoms with Crippen molar-refractivity contribution in [1.29, 1.82) is 0 Å². The van der Waals surface area contributed by atoms with Gasteiger partial charge >= 0.3 is 5.97 Å². The van der Waals surface area contributed by atoms with Crippen LogP contribution in [0.2, 0.25) is 0 Å². The maximum Gasteiger partial charge on any atom is 0.337 e. The summed E-state index contributed by atoms with van der Waals surface area (Å²) in [7, 11) is 0. The Balaban J connectivity index is 2.51. The molecule has 0 aliphatic rings. The van der Waals surface area contributed by atoms with Crippen molar-refractivity contribution in [3.8, 4) is 0 Å². The summed E-state index contributed by atoms with van der Waals surface area (Å²) in [4.78, 5) is 17.3. The Kier molecular flexibility index (Phi) is 3.80. The molecule has 1 N–H and O–H groups in total. The van der Waals surface area contributed by atoms with Crippen molar-refractivity contribution in [1.82, 2.24) is 4.98 Å². The van der Waals surface area contributed by atoms with E-state index < -0.39 is 5.97 Å². The third kappa shape index (κ3) is 2.73. The summed E-state index contributed by atoms with van der Waals surface area (Å²) in [5.41, 5.74) is 2.98. The summed E-state index contributed by atoms with van der Waals surface area (Å²) in [6.07, 6.45) is 3.09. The number of anilines is 2. The molecular formula is C15H16N2O2. The van der Waals surface area contributed by atoms with Gasteiger partial charge in [0, 0.05) is 18.4 Å². The number of rotatable bonds is 4. The third-order valence-electron chi connectivity index (χ3n) is 2.95. The lowest BCUT2D eigenvalue weighted by atomic mass is 10.1. The molecule has 0 aliphatic carbocycles. The van der Waals surface area contributed by atoms with Gasteiger partial charge in [0.1, 0.15) is 0 Å². The number of pyridine rings is 1. The SMILES string of the molecule is CCN(c1cccc(C)c1)c1cnccc1C(=O)O. The van der Waals surface area contributed by atoms with Gasteiger partial charge in [-0.05, 0) is 37.6 Å². The van der Waals surface area contributed by atoms with Gasteiger partial charge in [0.05, 0.1) is 17.4 Å². The van der Waals surface area contributed by atoms with Crippen LogP contribution < -0.4 is 4.90 Å². The first-order valence-electron chi connectivity index (χ1n) is 6.15. The van der Waals surface area contributed by atoms with E-state index in [1.807, 2.05) is 43.0 Å². The van der Waals surface area contributed by atoms with Crippen LogP contribution >= 0.6 is 0 Å². The predicted octanol–water partition coefficient (Wildman–Crippen LogP) is 3.25. The van der Waals surface area contributed by atoms with E-state index in [0.717, 1.165) is 11.3 Å². The van der Waals surface area contributed by atoms with Gasteiger partial charge in [-0.3, -0.25) is 4.98 Å². The lowest BCUT2D eigenvalue weighted by molar-refractivity contribution is 0.0697. The minimum absolute atomic E-state index is 0.262. The monoisotopic (exact) mass is 256 g/mol. The van der Waals surface area contributed by atoms with Gasteiger partial charge in [0.2, 0.25) is 0 Å². The van der Waals surface area contributed by atoms with Gasteiger partial charge in [0.15, 0.2) is 0 Å². The van der Waals surface area contributed by atoms with Crippen molar-refractivity contribution in [3.05, 3.63) is 53.9 Å². The highest BCUT2D eigenvalue weighted by molar-refractivity contribution is 5.95. The van der Waals surface area contributed by atoms with E-state index in [1.54, 1.807) is 6.20 Å². The average molecular weight is 256 g/mol. The molecule has 1 aromatic carbocycles. The van der Waals surface area contributed by atoms with Gasteiger partial charge in [0.25, 0.3) is 0 Å². The second kappa shape index (κ2) is 5.52. The van der Waals surface area contributed by atoms with Crippen molar-refractivity contribution < 1.29 is 9.90 Å². The van der Waals surface area contributed by atoms with Crippen molar-refractivity contribution >= 4 is 17.3 Å². The largest absolute Gasteiger partial charge is 0.478 e. The molecule has 4 heteroatoms. The molecule has 0 radical (unpaired) electrons. The third-order valence-corrected chi connectivity index (χ3v) is 2.95. The van der Waals surface area contributed by atoms with Crippen molar-refractivity contribution in [2.45, 2.75) is 13.8 Å². The van der Waals surface area contributed by atoms with Gasteiger partial charge in [-0.25, -0.2) is 4.79 Å². The van der Waals surface area contributed by atoms with Gasteiger partial charge in [-0.1, -0.05) is 12.1 Å². The number of aryl methyl sites for hydroxylation is 1. The predicted molar refractivity (Wildman–Crippen MR) is 75.1 cm³/mol. The van der Waals surface area contributed by atoms with Gasteiger partial charge in [-0.2, -0.15) is 0 Å². The minimum atomic E-state index is -0.941. The van der Waals surface area contributed by atoms with Crippen LogP contribution in [0.4, 0.5) is 11.4 Å². The minimum Gasteiger partial charge on any atom is -0.478 e. The molecule has 0 atom stereocenters. The van der Waals surface area contributed by atoms with E-state index >= 15 is 0 Å². The Morgan fingerprint density at radius 3 is 2.79 bits per heavy atom. The van der Waals surface area contributed by atoms with E-state index in [1.165, 1.54) is 12.3 Å². The maximum absolute atomic E-state index is 11.3. The molecule has 4 nitrogen and oxygen atoms in total. The Morgan fingerprint density at radius 1 is 1.37 bits per heavy atom. The normalized spacial score (nSPS) is 10.2. The fraction of sp³-hybridized carbons (Fsp3) is 0.200. The standard InChI is InChI=1S/C15H16N2O2/c1-3-17(12-6-4-5-11(2)9-12)14-10-16-8-7-13(14)15(18)19/h4-10H,3H2,1-2H3,(H,18,19). The van der Waals surface area contributed by atoms with E-state index in [2.05, 4.69) is 4.98 Å². The summed E-state index contributed by atoms with van der Waals surface area (Å²) in [6.45, 7) is 4.68. The molecule has 1 aromatic heterocycles. The van der Waals surface area contributed by atoms with Gasteiger partial charge in [-0.15, -0.1) is 0 Å². The Bertz CT molecular complexity index is 596. The van der Waals surface area contributed by atoms with E-state index in [-0.39, 0.29) is 5.56 Å². The first-order chi connectivity index (χ1) is 9.13. The zero-order valence-corrected chi connectivity index (χ0v) is 11.0. The fourth-order valence-electron chi connectivity index (χ4n) is 2.07. The average Bonchev–Trinajstić information content (AvgIpc) is 2.40. The number of carboxylic acid groups (broad SMARTS) is 1. The molecule has 19 heavy (non-hydrogen) atoms. The number of aromatic nitrogens is 1. The summed E-state index contributed by atoms with van der Waals surface area (Å²) in [5.74, 6) is -0.941. The lowest BCUT2D eigenvalue weighted by Crippen LogP contribution is -2.19. The van der Waals surface area contributed by atoms with Crippen LogP contribution in [0.15, 0.2) is 42.7 Å². The van der Waals surface area contributed by atoms with Crippen LogP contribution in [0.3, 0.4) is 0 Å². The number of aromatic carboxylic acids is 1. The Labute approximate surface area is 112 Å². The molecule has 0 bridgehead atoms. The Morgan fingerprint density at radius 2 is 2.16 bits per heavy atom. The molecule has 0 aliphatic heterocycles. The molecule has 0 spiro atoms. The number of hydrogen-bond acceptors (Lipinski definition) is 3. The zero-order chi connectivity index (χ0) is 13.8. The van der Waals surface area contributed by atoms with Crippen LogP contribution in [0.1, 0.15) is 22.8 Å². The summed E-state index contributed by atoms with van der Waals surface area (Å²) < 4.78 is 0. The quantitative estimate of drug-likeness (QED) is 0.912. The number of benzene rings is 1. The molecular weight excluding hydrogens is 240 g/mol. The smallest absolute Gasteiger partial charge is 0.337 e. The second-order valence-electron chi connectivity index (χ2n) is 4.28. The summed E-state index contributed by atoms with van der Waals surface area (Å²) in [5, 5.41) is 9.26. The molecule has 1 heterocycles. The molecule has 0 amide bonds. The zero-order valence-electron chi connectivity index (χ0n) is 11.0. The van der Waals surface area contributed by atoms with E-state index in [0.29, 0.717) is 12.2 Å². The summed E-state index contributed by atoms with van der Waals surface area (Å²) in [6, 6.07) is 9.50. The molecule has 98 valence electrons.